The Morgan fingerprint density at radius 3 is 2.55 bits per heavy atom. The van der Waals surface area contributed by atoms with Gasteiger partial charge in [0.1, 0.15) is 0 Å². The zero-order chi connectivity index (χ0) is 16.2. The predicted molar refractivity (Wildman–Crippen MR) is 86.2 cm³/mol. The summed E-state index contributed by atoms with van der Waals surface area (Å²) in [4.78, 5) is 23.4. The molecule has 2 amide bonds. The van der Waals surface area contributed by atoms with Crippen LogP contribution in [0.4, 0.5) is 10.5 Å². The Morgan fingerprint density at radius 2 is 2.05 bits per heavy atom. The molecule has 0 spiro atoms. The quantitative estimate of drug-likeness (QED) is 0.707. The fourth-order valence-electron chi connectivity index (χ4n) is 3.01. The number of hydrogen-bond acceptors (Lipinski definition) is 3. The van der Waals surface area contributed by atoms with Gasteiger partial charge in [-0.05, 0) is 62.3 Å². The minimum absolute atomic E-state index is 0.0180. The second-order valence-electron chi connectivity index (χ2n) is 6.22. The van der Waals surface area contributed by atoms with Gasteiger partial charge in [-0.15, -0.1) is 0 Å². The molecule has 1 aromatic rings. The number of aryl methyl sites for hydroxylation is 1. The van der Waals surface area contributed by atoms with E-state index in [1.807, 2.05) is 6.92 Å². The highest BCUT2D eigenvalue weighted by Gasteiger charge is 2.36. The molecule has 1 saturated carbocycles. The van der Waals surface area contributed by atoms with Crippen LogP contribution in [0.25, 0.3) is 0 Å². The fourth-order valence-corrected chi connectivity index (χ4v) is 3.01. The summed E-state index contributed by atoms with van der Waals surface area (Å²) in [7, 11) is 0. The van der Waals surface area contributed by atoms with Crippen molar-refractivity contribution >= 4 is 17.5 Å². The van der Waals surface area contributed by atoms with E-state index in [9.17, 15) is 9.59 Å². The molecule has 3 N–H and O–H groups in total. The molecule has 0 aromatic heterocycles. The summed E-state index contributed by atoms with van der Waals surface area (Å²) in [5, 5.41) is 14.8. The third kappa shape index (κ3) is 3.85. The third-order valence-corrected chi connectivity index (χ3v) is 4.54. The van der Waals surface area contributed by atoms with E-state index in [1.165, 1.54) is 6.92 Å². The summed E-state index contributed by atoms with van der Waals surface area (Å²) < 4.78 is 0. The smallest absolute Gasteiger partial charge is 0.319 e. The van der Waals surface area contributed by atoms with Gasteiger partial charge in [0.2, 0.25) is 0 Å². The molecule has 0 aliphatic heterocycles. The lowest BCUT2D eigenvalue weighted by Crippen LogP contribution is -2.44. The van der Waals surface area contributed by atoms with Crippen LogP contribution < -0.4 is 10.6 Å². The Hall–Kier alpha value is -1.88. The summed E-state index contributed by atoms with van der Waals surface area (Å²) in [5.74, 6) is 0.0180. The van der Waals surface area contributed by atoms with Gasteiger partial charge in [-0.25, -0.2) is 4.79 Å². The standard InChI is InChI=1S/C17H24N2O3/c1-12-10-14(4-5-15(12)13(2)21)19-16(22)18-11-17(8-9-20)6-3-7-17/h4-5,10,20H,3,6-9,11H2,1-2H3,(H2,18,19,22). The first-order valence-corrected chi connectivity index (χ1v) is 7.73. The Labute approximate surface area is 131 Å². The molecular weight excluding hydrogens is 280 g/mol. The molecule has 5 nitrogen and oxygen atoms in total. The molecule has 1 aliphatic rings. The van der Waals surface area contributed by atoms with E-state index in [-0.39, 0.29) is 23.8 Å². The van der Waals surface area contributed by atoms with Crippen LogP contribution >= 0.6 is 0 Å². The Morgan fingerprint density at radius 1 is 1.32 bits per heavy atom. The van der Waals surface area contributed by atoms with Gasteiger partial charge in [0, 0.05) is 24.4 Å². The highest BCUT2D eigenvalue weighted by Crippen LogP contribution is 2.43. The molecule has 22 heavy (non-hydrogen) atoms. The molecular formula is C17H24N2O3. The van der Waals surface area contributed by atoms with E-state index in [4.69, 9.17) is 5.11 Å². The summed E-state index contributed by atoms with van der Waals surface area (Å²) in [6.07, 6.45) is 4.01. The van der Waals surface area contributed by atoms with Crippen molar-refractivity contribution in [2.75, 3.05) is 18.5 Å². The van der Waals surface area contributed by atoms with Gasteiger partial charge >= 0.3 is 6.03 Å². The minimum atomic E-state index is -0.251. The normalized spacial score (nSPS) is 15.8. The first kappa shape index (κ1) is 16.5. The number of anilines is 1. The monoisotopic (exact) mass is 304 g/mol. The van der Waals surface area contributed by atoms with Crippen LogP contribution in [0.3, 0.4) is 0 Å². The number of hydrogen-bond donors (Lipinski definition) is 3. The zero-order valence-corrected chi connectivity index (χ0v) is 13.2. The number of rotatable bonds is 6. The molecule has 0 atom stereocenters. The van der Waals surface area contributed by atoms with Crippen molar-refractivity contribution < 1.29 is 14.7 Å². The second kappa shape index (κ2) is 6.92. The van der Waals surface area contributed by atoms with Crippen molar-refractivity contribution in [3.05, 3.63) is 29.3 Å². The van der Waals surface area contributed by atoms with Crippen LogP contribution in [0.5, 0.6) is 0 Å². The molecule has 0 heterocycles. The van der Waals surface area contributed by atoms with Crippen molar-refractivity contribution in [2.24, 2.45) is 5.41 Å². The maximum absolute atomic E-state index is 12.0. The lowest BCUT2D eigenvalue weighted by molar-refractivity contribution is 0.0892. The Kier molecular flexibility index (Phi) is 5.19. The molecule has 0 saturated heterocycles. The van der Waals surface area contributed by atoms with Crippen molar-refractivity contribution in [3.63, 3.8) is 0 Å². The summed E-state index contributed by atoms with van der Waals surface area (Å²) >= 11 is 0. The molecule has 0 unspecified atom stereocenters. The average Bonchev–Trinajstić information content (AvgIpc) is 2.41. The number of urea groups is 1. The van der Waals surface area contributed by atoms with E-state index in [2.05, 4.69) is 10.6 Å². The first-order valence-electron chi connectivity index (χ1n) is 7.73. The lowest BCUT2D eigenvalue weighted by Gasteiger charge is -2.41. The number of aliphatic hydroxyl groups excluding tert-OH is 1. The molecule has 1 aliphatic carbocycles. The average molecular weight is 304 g/mol. The number of Topliss-reactive ketones (excluding diaryl/α,β-unsaturated/α-hetero) is 1. The maximum atomic E-state index is 12.0. The minimum Gasteiger partial charge on any atom is -0.396 e. The van der Waals surface area contributed by atoms with E-state index in [0.717, 1.165) is 31.2 Å². The number of carbonyl (C=O) groups is 2. The molecule has 1 aromatic carbocycles. The van der Waals surface area contributed by atoms with Crippen LogP contribution in [-0.2, 0) is 0 Å². The number of carbonyl (C=O) groups excluding carboxylic acids is 2. The van der Waals surface area contributed by atoms with Crippen LogP contribution in [0.15, 0.2) is 18.2 Å². The summed E-state index contributed by atoms with van der Waals surface area (Å²) in [5.41, 5.74) is 2.26. The van der Waals surface area contributed by atoms with E-state index >= 15 is 0 Å². The number of benzene rings is 1. The van der Waals surface area contributed by atoms with Crippen LogP contribution in [0.1, 0.15) is 48.5 Å². The van der Waals surface area contributed by atoms with E-state index in [0.29, 0.717) is 17.8 Å². The van der Waals surface area contributed by atoms with Crippen molar-refractivity contribution in [2.45, 2.75) is 39.5 Å². The highest BCUT2D eigenvalue weighted by atomic mass is 16.3. The third-order valence-electron chi connectivity index (χ3n) is 4.54. The fraction of sp³-hybridized carbons (Fsp3) is 0.529. The largest absolute Gasteiger partial charge is 0.396 e. The Bertz CT molecular complexity index is 565. The van der Waals surface area contributed by atoms with Gasteiger partial charge in [0.25, 0.3) is 0 Å². The van der Waals surface area contributed by atoms with Crippen LogP contribution in [-0.4, -0.2) is 30.1 Å². The molecule has 5 heteroatoms. The van der Waals surface area contributed by atoms with Gasteiger partial charge in [0.05, 0.1) is 0 Å². The maximum Gasteiger partial charge on any atom is 0.319 e. The zero-order valence-electron chi connectivity index (χ0n) is 13.2. The number of ketones is 1. The lowest BCUT2D eigenvalue weighted by atomic mass is 9.67. The predicted octanol–water partition coefficient (Wildman–Crippen LogP) is 2.87. The molecule has 0 radical (unpaired) electrons. The molecule has 2 rings (SSSR count). The summed E-state index contributed by atoms with van der Waals surface area (Å²) in [6, 6.07) is 5.00. The van der Waals surface area contributed by atoms with Crippen molar-refractivity contribution in [1.29, 1.82) is 0 Å². The van der Waals surface area contributed by atoms with Gasteiger partial charge in [-0.1, -0.05) is 6.42 Å². The SMILES string of the molecule is CC(=O)c1ccc(NC(=O)NCC2(CCO)CCC2)cc1C. The number of aliphatic hydroxyl groups is 1. The van der Waals surface area contributed by atoms with E-state index < -0.39 is 0 Å². The highest BCUT2D eigenvalue weighted by molar-refractivity contribution is 5.96. The Balaban J connectivity index is 1.89. The first-order chi connectivity index (χ1) is 10.5. The summed E-state index contributed by atoms with van der Waals surface area (Å²) in [6.45, 7) is 4.13. The molecule has 0 bridgehead atoms. The van der Waals surface area contributed by atoms with Crippen LogP contribution in [0, 0.1) is 12.3 Å². The van der Waals surface area contributed by atoms with Gasteiger partial charge in [0.15, 0.2) is 5.78 Å². The number of amides is 2. The van der Waals surface area contributed by atoms with Gasteiger partial charge in [-0.3, -0.25) is 4.79 Å². The van der Waals surface area contributed by atoms with Crippen LogP contribution in [0.2, 0.25) is 0 Å². The van der Waals surface area contributed by atoms with Crippen molar-refractivity contribution in [1.82, 2.24) is 5.32 Å². The van der Waals surface area contributed by atoms with Gasteiger partial charge in [-0.2, -0.15) is 0 Å². The molecule has 1 fully saturated rings. The van der Waals surface area contributed by atoms with E-state index in [1.54, 1.807) is 18.2 Å². The van der Waals surface area contributed by atoms with Crippen molar-refractivity contribution in [3.8, 4) is 0 Å². The topological polar surface area (TPSA) is 78.4 Å². The molecule has 120 valence electrons. The number of nitrogens with one attached hydrogen (secondary N) is 2. The second-order valence-corrected chi connectivity index (χ2v) is 6.22. The van der Waals surface area contributed by atoms with Gasteiger partial charge < -0.3 is 15.7 Å².